The lowest BCUT2D eigenvalue weighted by atomic mass is 10.1. The first-order valence-electron chi connectivity index (χ1n) is 7.50. The number of hydrogen-bond donors (Lipinski definition) is 2. The molecule has 1 aromatic carbocycles. The summed E-state index contributed by atoms with van der Waals surface area (Å²) in [5.41, 5.74) is -1.67. The van der Waals surface area contributed by atoms with Crippen LogP contribution in [-0.2, 0) is 4.74 Å². The minimum atomic E-state index is -1.16. The van der Waals surface area contributed by atoms with Crippen molar-refractivity contribution in [3.63, 3.8) is 0 Å². The van der Waals surface area contributed by atoms with Crippen molar-refractivity contribution in [1.29, 1.82) is 0 Å². The average Bonchev–Trinajstić information content (AvgIpc) is 2.64. The van der Waals surface area contributed by atoms with Crippen molar-refractivity contribution in [3.05, 3.63) is 50.5 Å². The first-order valence-corrected chi connectivity index (χ1v) is 7.50. The number of nitrogens with one attached hydrogen (secondary N) is 1. The van der Waals surface area contributed by atoms with Gasteiger partial charge in [-0.05, 0) is 12.1 Å². The molecule has 0 aliphatic carbocycles. The minimum absolute atomic E-state index is 0.144. The first-order chi connectivity index (χ1) is 12.5. The molecule has 1 aromatic heterocycles. The van der Waals surface area contributed by atoms with Gasteiger partial charge in [0.05, 0.1) is 40.7 Å². The Bertz CT molecular complexity index is 853. The van der Waals surface area contributed by atoms with Crippen LogP contribution in [0.15, 0.2) is 27.9 Å². The van der Waals surface area contributed by atoms with Crippen molar-refractivity contribution in [2.24, 2.45) is 0 Å². The van der Waals surface area contributed by atoms with Gasteiger partial charge >= 0.3 is 5.69 Å². The highest BCUT2D eigenvalue weighted by Gasteiger charge is 2.22. The van der Waals surface area contributed by atoms with Gasteiger partial charge in [-0.1, -0.05) is 0 Å². The molecule has 2 rings (SSSR count). The number of aliphatic hydroxyl groups excluding tert-OH is 1. The Kier molecular flexibility index (Phi) is 6.36. The zero-order chi connectivity index (χ0) is 19.3. The Labute approximate surface area is 147 Å². The van der Waals surface area contributed by atoms with Crippen molar-refractivity contribution in [3.8, 4) is 17.2 Å². The Hall–Kier alpha value is -2.85. The van der Waals surface area contributed by atoms with E-state index in [9.17, 15) is 14.0 Å². The molecular formula is C16H19FN2O7. The quantitative estimate of drug-likeness (QED) is 0.685. The summed E-state index contributed by atoms with van der Waals surface area (Å²) in [6, 6.07) is 3.03. The predicted octanol–water partition coefficient (Wildman–Crippen LogP) is 0.257. The van der Waals surface area contributed by atoms with Crippen LogP contribution in [0.25, 0.3) is 0 Å². The van der Waals surface area contributed by atoms with Gasteiger partial charge in [0.15, 0.2) is 17.7 Å². The van der Waals surface area contributed by atoms with Crippen LogP contribution in [0.5, 0.6) is 17.2 Å². The van der Waals surface area contributed by atoms with E-state index in [1.165, 1.54) is 33.5 Å². The summed E-state index contributed by atoms with van der Waals surface area (Å²) >= 11 is 0. The molecule has 10 heteroatoms. The maximum Gasteiger partial charge on any atom is 0.330 e. The van der Waals surface area contributed by atoms with Gasteiger partial charge in [-0.25, -0.2) is 4.79 Å². The fourth-order valence-electron chi connectivity index (χ4n) is 2.38. The van der Waals surface area contributed by atoms with E-state index in [0.717, 1.165) is 10.8 Å². The molecule has 0 bridgehead atoms. The average molecular weight is 370 g/mol. The number of methoxy groups -OCH3 is 3. The van der Waals surface area contributed by atoms with E-state index in [0.29, 0.717) is 11.3 Å². The minimum Gasteiger partial charge on any atom is -0.493 e. The molecule has 0 fully saturated rings. The Balaban J connectivity index is 2.66. The van der Waals surface area contributed by atoms with Gasteiger partial charge in [-0.2, -0.15) is 4.39 Å². The lowest BCUT2D eigenvalue weighted by Gasteiger charge is -2.22. The van der Waals surface area contributed by atoms with Crippen LogP contribution in [0.2, 0.25) is 0 Å². The fraction of sp³-hybridized carbons (Fsp3) is 0.375. The van der Waals surface area contributed by atoms with E-state index in [1.54, 1.807) is 0 Å². The molecule has 0 spiro atoms. The van der Waals surface area contributed by atoms with Crippen molar-refractivity contribution >= 4 is 0 Å². The van der Waals surface area contributed by atoms with Crippen molar-refractivity contribution in [1.82, 2.24) is 9.55 Å². The molecule has 1 heterocycles. The smallest absolute Gasteiger partial charge is 0.330 e. The van der Waals surface area contributed by atoms with Gasteiger partial charge in [0.25, 0.3) is 5.56 Å². The number of hydrogen-bond acceptors (Lipinski definition) is 7. The van der Waals surface area contributed by atoms with Gasteiger partial charge in [-0.15, -0.1) is 0 Å². The molecule has 0 aliphatic heterocycles. The molecule has 142 valence electrons. The van der Waals surface area contributed by atoms with Crippen molar-refractivity contribution in [2.75, 3.05) is 34.5 Å². The Morgan fingerprint density at radius 1 is 1.15 bits per heavy atom. The molecule has 1 atom stereocenters. The highest BCUT2D eigenvalue weighted by Crippen LogP contribution is 2.40. The number of aromatic nitrogens is 2. The third kappa shape index (κ3) is 3.86. The maximum absolute atomic E-state index is 13.7. The summed E-state index contributed by atoms with van der Waals surface area (Å²) in [5, 5.41) is 9.05. The molecule has 26 heavy (non-hydrogen) atoms. The third-order valence-electron chi connectivity index (χ3n) is 3.52. The Morgan fingerprint density at radius 3 is 2.27 bits per heavy atom. The summed E-state index contributed by atoms with van der Waals surface area (Å²) in [6.45, 7) is -0.476. The number of benzene rings is 1. The lowest BCUT2D eigenvalue weighted by Crippen LogP contribution is -2.35. The molecule has 0 radical (unpaired) electrons. The van der Waals surface area contributed by atoms with Crippen LogP contribution >= 0.6 is 0 Å². The molecule has 0 saturated carbocycles. The molecular weight excluding hydrogens is 351 g/mol. The zero-order valence-corrected chi connectivity index (χ0v) is 14.4. The summed E-state index contributed by atoms with van der Waals surface area (Å²) in [7, 11) is 4.26. The van der Waals surface area contributed by atoms with Crippen molar-refractivity contribution < 1.29 is 28.4 Å². The maximum atomic E-state index is 13.7. The van der Waals surface area contributed by atoms with Gasteiger partial charge in [0.2, 0.25) is 11.6 Å². The molecule has 0 saturated heterocycles. The van der Waals surface area contributed by atoms with E-state index in [4.69, 9.17) is 24.1 Å². The summed E-state index contributed by atoms with van der Waals surface area (Å²) < 4.78 is 35.8. The zero-order valence-electron chi connectivity index (χ0n) is 14.4. The van der Waals surface area contributed by atoms with Gasteiger partial charge in [-0.3, -0.25) is 14.3 Å². The van der Waals surface area contributed by atoms with Gasteiger partial charge < -0.3 is 24.1 Å². The standard InChI is InChI=1S/C16H19FN2O7/c1-23-11-6-9(7-12(24-2)13(11)25-3)15(26-5-4-20)19-8-10(17)14(21)18-16(19)22/h6-8,15,20H,4-5H2,1-3H3,(H,18,21,22). The number of aliphatic hydroxyl groups is 1. The second-order valence-electron chi connectivity index (χ2n) is 5.05. The normalized spacial score (nSPS) is 11.9. The van der Waals surface area contributed by atoms with E-state index in [-0.39, 0.29) is 24.7 Å². The molecule has 0 aliphatic rings. The highest BCUT2D eigenvalue weighted by molar-refractivity contribution is 5.54. The molecule has 2 aromatic rings. The number of aromatic amines is 1. The lowest BCUT2D eigenvalue weighted by molar-refractivity contribution is 0.00713. The Morgan fingerprint density at radius 2 is 1.77 bits per heavy atom. The molecule has 1 unspecified atom stereocenters. The number of ether oxygens (including phenoxy) is 4. The molecule has 2 N–H and O–H groups in total. The van der Waals surface area contributed by atoms with E-state index in [1.807, 2.05) is 4.98 Å². The van der Waals surface area contributed by atoms with Crippen molar-refractivity contribution in [2.45, 2.75) is 6.23 Å². The highest BCUT2D eigenvalue weighted by atomic mass is 19.1. The summed E-state index contributed by atoms with van der Waals surface area (Å²) in [4.78, 5) is 25.2. The number of halogens is 1. The predicted molar refractivity (Wildman–Crippen MR) is 88.6 cm³/mol. The number of nitrogens with zero attached hydrogens (tertiary/aromatic N) is 1. The SMILES string of the molecule is COc1cc(C(OCCO)n2cc(F)c(=O)[nH]c2=O)cc(OC)c1OC. The van der Waals surface area contributed by atoms with Crippen LogP contribution < -0.4 is 25.5 Å². The molecule has 9 nitrogen and oxygen atoms in total. The first kappa shape index (κ1) is 19.5. The number of rotatable bonds is 8. The van der Waals surface area contributed by atoms with Crippen LogP contribution in [-0.4, -0.2) is 49.2 Å². The van der Waals surface area contributed by atoms with Gasteiger partial charge in [0, 0.05) is 5.56 Å². The second kappa shape index (κ2) is 8.50. The van der Waals surface area contributed by atoms with Crippen LogP contribution in [0.3, 0.4) is 0 Å². The van der Waals surface area contributed by atoms with Crippen LogP contribution in [0, 0.1) is 5.82 Å². The van der Waals surface area contributed by atoms with E-state index < -0.39 is 23.3 Å². The van der Waals surface area contributed by atoms with E-state index in [2.05, 4.69) is 0 Å². The summed E-state index contributed by atoms with van der Waals surface area (Å²) in [6.07, 6.45) is -0.429. The van der Waals surface area contributed by atoms with Crippen LogP contribution in [0.1, 0.15) is 11.8 Å². The fourth-order valence-corrected chi connectivity index (χ4v) is 2.38. The number of H-pyrrole nitrogens is 1. The monoisotopic (exact) mass is 370 g/mol. The largest absolute Gasteiger partial charge is 0.493 e. The summed E-state index contributed by atoms with van der Waals surface area (Å²) in [5.74, 6) is -0.260. The second-order valence-corrected chi connectivity index (χ2v) is 5.05. The third-order valence-corrected chi connectivity index (χ3v) is 3.52. The van der Waals surface area contributed by atoms with E-state index >= 15 is 0 Å². The molecule has 0 amide bonds. The topological polar surface area (TPSA) is 112 Å². The van der Waals surface area contributed by atoms with Gasteiger partial charge in [0.1, 0.15) is 0 Å². The van der Waals surface area contributed by atoms with Crippen LogP contribution in [0.4, 0.5) is 4.39 Å².